The monoisotopic (exact) mass is 151 g/mol. The molecule has 1 fully saturated rings. The lowest BCUT2D eigenvalue weighted by Crippen LogP contribution is -2.25. The van der Waals surface area contributed by atoms with Crippen LogP contribution in [0.1, 0.15) is 19.8 Å². The van der Waals surface area contributed by atoms with Crippen molar-refractivity contribution in [1.82, 2.24) is 4.90 Å². The molecule has 0 bridgehead atoms. The number of fused-ring (bicyclic) bond motifs is 1. The molecule has 2 aliphatic rings. The molecule has 0 saturated carbocycles. The van der Waals surface area contributed by atoms with Gasteiger partial charge in [-0.3, -0.25) is 0 Å². The van der Waals surface area contributed by atoms with Crippen molar-refractivity contribution < 1.29 is 0 Å². The minimum Gasteiger partial charge on any atom is -0.303 e. The van der Waals surface area contributed by atoms with E-state index in [9.17, 15) is 0 Å². The average Bonchev–Trinajstić information content (AvgIpc) is 2.30. The highest BCUT2D eigenvalue weighted by Crippen LogP contribution is 2.36. The van der Waals surface area contributed by atoms with E-state index >= 15 is 0 Å². The molecule has 0 N–H and O–H groups in total. The summed E-state index contributed by atoms with van der Waals surface area (Å²) >= 11 is 0. The number of hydrogen-bond donors (Lipinski definition) is 0. The van der Waals surface area contributed by atoms with Crippen molar-refractivity contribution >= 4 is 0 Å². The third-order valence-electron chi connectivity index (χ3n) is 3.46. The summed E-state index contributed by atoms with van der Waals surface area (Å²) in [5, 5.41) is 0. The zero-order valence-corrected chi connectivity index (χ0v) is 7.46. The highest BCUT2D eigenvalue weighted by Gasteiger charge is 2.36. The Morgan fingerprint density at radius 2 is 2.00 bits per heavy atom. The molecule has 0 spiro atoms. The van der Waals surface area contributed by atoms with E-state index in [0.717, 1.165) is 17.9 Å². The second-order valence-corrected chi connectivity index (χ2v) is 4.05. The van der Waals surface area contributed by atoms with Crippen LogP contribution in [-0.2, 0) is 0 Å². The maximum Gasteiger partial charge on any atom is 0.00984 e. The van der Waals surface area contributed by atoms with Crippen molar-refractivity contribution in [2.24, 2.45) is 11.8 Å². The second-order valence-electron chi connectivity index (χ2n) is 4.05. The summed E-state index contributed by atoms with van der Waals surface area (Å²) in [5.41, 5.74) is 0. The van der Waals surface area contributed by atoms with Crippen molar-refractivity contribution in [3.63, 3.8) is 0 Å². The Morgan fingerprint density at radius 3 is 2.73 bits per heavy atom. The lowest BCUT2D eigenvalue weighted by atomic mass is 9.83. The highest BCUT2D eigenvalue weighted by molar-refractivity contribution is 5.01. The van der Waals surface area contributed by atoms with Crippen LogP contribution in [0.5, 0.6) is 0 Å². The number of nitrogens with zero attached hydrogens (tertiary/aromatic N) is 1. The Bertz CT molecular complexity index is 174. The second kappa shape index (κ2) is 2.63. The first kappa shape index (κ1) is 7.35. The minimum absolute atomic E-state index is 0.810. The molecule has 1 nitrogen and oxygen atoms in total. The topological polar surface area (TPSA) is 3.24 Å². The van der Waals surface area contributed by atoms with E-state index in [0.29, 0.717) is 0 Å². The predicted molar refractivity (Wildman–Crippen MR) is 47.4 cm³/mol. The summed E-state index contributed by atoms with van der Waals surface area (Å²) in [6.07, 6.45) is 7.35. The van der Waals surface area contributed by atoms with E-state index in [2.05, 4.69) is 31.0 Å². The third-order valence-corrected chi connectivity index (χ3v) is 3.46. The van der Waals surface area contributed by atoms with Crippen LogP contribution >= 0.6 is 0 Å². The van der Waals surface area contributed by atoms with Gasteiger partial charge in [0.05, 0.1) is 0 Å². The van der Waals surface area contributed by atoms with Gasteiger partial charge in [0.1, 0.15) is 0 Å². The molecule has 1 saturated heterocycles. The van der Waals surface area contributed by atoms with E-state index < -0.39 is 0 Å². The fourth-order valence-electron chi connectivity index (χ4n) is 2.56. The molecule has 1 heterocycles. The highest BCUT2D eigenvalue weighted by atomic mass is 15.2. The molecule has 0 unspecified atom stereocenters. The number of allylic oxidation sites excluding steroid dienone is 2. The largest absolute Gasteiger partial charge is 0.303 e. The van der Waals surface area contributed by atoms with Crippen LogP contribution in [0.3, 0.4) is 0 Å². The summed E-state index contributed by atoms with van der Waals surface area (Å²) in [6, 6.07) is 0.810. The normalized spacial score (nSPS) is 44.4. The molecule has 1 aliphatic carbocycles. The lowest BCUT2D eigenvalue weighted by Gasteiger charge is -2.23. The summed E-state index contributed by atoms with van der Waals surface area (Å²) in [7, 11) is 2.25. The van der Waals surface area contributed by atoms with Gasteiger partial charge in [0.15, 0.2) is 0 Å². The number of rotatable bonds is 0. The molecule has 3 atom stereocenters. The Kier molecular flexibility index (Phi) is 1.76. The van der Waals surface area contributed by atoms with Gasteiger partial charge in [0.25, 0.3) is 0 Å². The molecule has 0 radical (unpaired) electrons. The van der Waals surface area contributed by atoms with Crippen LogP contribution < -0.4 is 0 Å². The van der Waals surface area contributed by atoms with Crippen molar-refractivity contribution in [3.05, 3.63) is 12.2 Å². The van der Waals surface area contributed by atoms with Gasteiger partial charge < -0.3 is 4.90 Å². The van der Waals surface area contributed by atoms with E-state index in [-0.39, 0.29) is 0 Å². The van der Waals surface area contributed by atoms with Crippen LogP contribution in [0, 0.1) is 11.8 Å². The van der Waals surface area contributed by atoms with Crippen LogP contribution in [0.2, 0.25) is 0 Å². The molecule has 0 aromatic carbocycles. The maximum atomic E-state index is 2.50. The first-order valence-electron chi connectivity index (χ1n) is 4.64. The van der Waals surface area contributed by atoms with E-state index in [1.807, 2.05) is 0 Å². The molecule has 11 heavy (non-hydrogen) atoms. The Morgan fingerprint density at radius 1 is 1.27 bits per heavy atom. The number of likely N-dealkylation sites (tertiary alicyclic amines) is 1. The first-order chi connectivity index (χ1) is 5.29. The smallest absolute Gasteiger partial charge is 0.00984 e. The van der Waals surface area contributed by atoms with Crippen LogP contribution in [0.4, 0.5) is 0 Å². The van der Waals surface area contributed by atoms with Gasteiger partial charge in [0.2, 0.25) is 0 Å². The van der Waals surface area contributed by atoms with Gasteiger partial charge in [-0.25, -0.2) is 0 Å². The maximum absolute atomic E-state index is 2.50. The van der Waals surface area contributed by atoms with Gasteiger partial charge in [-0.05, 0) is 38.6 Å². The molecule has 0 aromatic rings. The SMILES string of the molecule is C[C@@H]1[C@H]2CC=CC[C@H]2CN1C. The molecule has 1 aliphatic heterocycles. The van der Waals surface area contributed by atoms with Crippen molar-refractivity contribution in [3.8, 4) is 0 Å². The number of hydrogen-bond acceptors (Lipinski definition) is 1. The zero-order valence-electron chi connectivity index (χ0n) is 7.46. The molecule has 62 valence electrons. The zero-order chi connectivity index (χ0) is 7.84. The van der Waals surface area contributed by atoms with Crippen LogP contribution in [-0.4, -0.2) is 24.5 Å². The van der Waals surface area contributed by atoms with Gasteiger partial charge in [-0.15, -0.1) is 0 Å². The molecule has 0 amide bonds. The lowest BCUT2D eigenvalue weighted by molar-refractivity contribution is 0.289. The summed E-state index contributed by atoms with van der Waals surface area (Å²) in [4.78, 5) is 2.50. The molecule has 0 aromatic heterocycles. The standard InChI is InChI=1S/C10H17N/c1-8-10-6-4-3-5-9(10)7-11(8)2/h3-4,8-10H,5-7H2,1-2H3/t8-,9+,10-/m1/s1. The molecular formula is C10H17N. The van der Waals surface area contributed by atoms with Gasteiger partial charge in [-0.1, -0.05) is 12.2 Å². The van der Waals surface area contributed by atoms with Crippen molar-refractivity contribution in [1.29, 1.82) is 0 Å². The van der Waals surface area contributed by atoms with E-state index in [4.69, 9.17) is 0 Å². The van der Waals surface area contributed by atoms with Gasteiger partial charge >= 0.3 is 0 Å². The summed E-state index contributed by atoms with van der Waals surface area (Å²) < 4.78 is 0. The molecule has 1 heteroatoms. The van der Waals surface area contributed by atoms with Crippen LogP contribution in [0.15, 0.2) is 12.2 Å². The summed E-state index contributed by atoms with van der Waals surface area (Å²) in [5.74, 6) is 1.91. The average molecular weight is 151 g/mol. The summed E-state index contributed by atoms with van der Waals surface area (Å²) in [6.45, 7) is 3.68. The van der Waals surface area contributed by atoms with Crippen molar-refractivity contribution in [2.75, 3.05) is 13.6 Å². The van der Waals surface area contributed by atoms with Gasteiger partial charge in [0, 0.05) is 12.6 Å². The first-order valence-corrected chi connectivity index (χ1v) is 4.64. The Labute approximate surface area is 69.1 Å². The minimum atomic E-state index is 0.810. The van der Waals surface area contributed by atoms with Crippen LogP contribution in [0.25, 0.3) is 0 Å². The molecular weight excluding hydrogens is 134 g/mol. The fourth-order valence-corrected chi connectivity index (χ4v) is 2.56. The predicted octanol–water partition coefficient (Wildman–Crippen LogP) is 1.90. The Hall–Kier alpha value is -0.300. The third kappa shape index (κ3) is 1.12. The quantitative estimate of drug-likeness (QED) is 0.478. The van der Waals surface area contributed by atoms with E-state index in [1.165, 1.54) is 19.4 Å². The fraction of sp³-hybridized carbons (Fsp3) is 0.800. The van der Waals surface area contributed by atoms with Crippen molar-refractivity contribution in [2.45, 2.75) is 25.8 Å². The molecule has 2 rings (SSSR count). The Balaban J connectivity index is 2.12. The van der Waals surface area contributed by atoms with E-state index in [1.54, 1.807) is 0 Å². The van der Waals surface area contributed by atoms with Gasteiger partial charge in [-0.2, -0.15) is 0 Å².